The Hall–Kier alpha value is 0.310. The highest BCUT2D eigenvalue weighted by Crippen LogP contribution is 1.87. The molecule has 94 valence electrons. The van der Waals surface area contributed by atoms with Crippen LogP contribution in [-0.2, 0) is 14.6 Å². The Morgan fingerprint density at radius 1 is 1.20 bits per heavy atom. The molecule has 15 heavy (non-hydrogen) atoms. The summed E-state index contributed by atoms with van der Waals surface area (Å²) in [5.41, 5.74) is 0. The molecule has 0 rings (SSSR count). The fourth-order valence-corrected chi connectivity index (χ4v) is 1.55. The van der Waals surface area contributed by atoms with Crippen molar-refractivity contribution in [3.05, 3.63) is 0 Å². The van der Waals surface area contributed by atoms with Gasteiger partial charge in [0.1, 0.15) is 0 Å². The quantitative estimate of drug-likeness (QED) is 0.419. The number of alkyl halides is 1. The summed E-state index contributed by atoms with van der Waals surface area (Å²) in [7, 11) is -4.47. The van der Waals surface area contributed by atoms with Crippen molar-refractivity contribution < 1.29 is 22.1 Å². The van der Waals surface area contributed by atoms with Gasteiger partial charge in [0, 0.05) is 5.33 Å². The Kier molecular flexibility index (Phi) is 12.8. The summed E-state index contributed by atoms with van der Waals surface area (Å²) in [4.78, 5) is 1.68. The van der Waals surface area contributed by atoms with Crippen molar-refractivity contribution >= 4 is 26.3 Å². The topological polar surface area (TPSA) is 70.9 Å². The minimum atomic E-state index is -4.47. The molecule has 0 heterocycles. The molecule has 0 fully saturated rings. The van der Waals surface area contributed by atoms with Crippen LogP contribution >= 0.6 is 15.9 Å². The third-order valence-corrected chi connectivity index (χ3v) is 2.58. The van der Waals surface area contributed by atoms with Crippen molar-refractivity contribution in [1.82, 2.24) is 0 Å². The van der Waals surface area contributed by atoms with Crippen LogP contribution in [0.25, 0.3) is 0 Å². The van der Waals surface area contributed by atoms with Crippen molar-refractivity contribution in [3.63, 3.8) is 0 Å². The Morgan fingerprint density at radius 2 is 1.60 bits per heavy atom. The number of hydrogen-bond donors (Lipinski definition) is 1. The predicted molar refractivity (Wildman–Crippen MR) is 62.0 cm³/mol. The fraction of sp³-hybridized carbons (Fsp3) is 1.00. The molecule has 0 bridgehead atoms. The second-order valence-electron chi connectivity index (χ2n) is 2.73. The lowest BCUT2D eigenvalue weighted by atomic mass is 10.5. The number of rotatable bonds is 6. The van der Waals surface area contributed by atoms with Gasteiger partial charge >= 0.3 is 0 Å². The first-order chi connectivity index (χ1) is 6.91. The maximum absolute atomic E-state index is 9.59. The van der Waals surface area contributed by atoms with Gasteiger partial charge in [0.15, 0.2) is 0 Å². The smallest absolute Gasteiger partial charge is 0.217 e. The van der Waals surface area contributed by atoms with E-state index in [0.717, 1.165) is 0 Å². The van der Waals surface area contributed by atoms with Gasteiger partial charge < -0.3 is 9.45 Å². The third kappa shape index (κ3) is 17.0. The highest BCUT2D eigenvalue weighted by Gasteiger charge is 1.92. The largest absolute Gasteiger partial charge is 0.726 e. The van der Waals surface area contributed by atoms with E-state index >= 15 is 0 Å². The Balaban J connectivity index is 0. The van der Waals surface area contributed by atoms with Crippen molar-refractivity contribution in [2.75, 3.05) is 31.6 Å². The normalized spacial score (nSPS) is 11.1. The van der Waals surface area contributed by atoms with Gasteiger partial charge in [-0.3, -0.25) is 4.18 Å². The van der Waals surface area contributed by atoms with E-state index in [2.05, 4.69) is 40.9 Å². The monoisotopic (exact) mass is 305 g/mol. The molecular formula is C8H20BrNO4S. The minimum absolute atomic E-state index is 0.105. The van der Waals surface area contributed by atoms with Crippen molar-refractivity contribution in [3.8, 4) is 0 Å². The molecule has 0 aliphatic heterocycles. The lowest BCUT2D eigenvalue weighted by molar-refractivity contribution is -0.894. The van der Waals surface area contributed by atoms with Crippen LogP contribution in [0, 0.1) is 0 Å². The van der Waals surface area contributed by atoms with E-state index in [4.69, 9.17) is 0 Å². The third-order valence-electron chi connectivity index (χ3n) is 1.80. The molecule has 5 nitrogen and oxygen atoms in total. The van der Waals surface area contributed by atoms with Crippen LogP contribution in [0.4, 0.5) is 0 Å². The van der Waals surface area contributed by atoms with Gasteiger partial charge in [-0.1, -0.05) is 15.9 Å². The van der Waals surface area contributed by atoms with Crippen molar-refractivity contribution in [2.45, 2.75) is 20.8 Å². The highest BCUT2D eigenvalue weighted by atomic mass is 79.9. The van der Waals surface area contributed by atoms with Crippen LogP contribution in [0.15, 0.2) is 0 Å². The zero-order valence-corrected chi connectivity index (χ0v) is 11.9. The second kappa shape index (κ2) is 10.8. The van der Waals surface area contributed by atoms with Crippen LogP contribution < -0.4 is 4.90 Å². The highest BCUT2D eigenvalue weighted by molar-refractivity contribution is 9.09. The van der Waals surface area contributed by atoms with Gasteiger partial charge in [-0.25, -0.2) is 8.42 Å². The average Bonchev–Trinajstić information content (AvgIpc) is 2.17. The molecule has 0 saturated carbocycles. The van der Waals surface area contributed by atoms with Gasteiger partial charge in [-0.15, -0.1) is 0 Å². The summed E-state index contributed by atoms with van der Waals surface area (Å²) in [5, 5.41) is 0.342. The molecule has 7 heteroatoms. The first-order valence-corrected chi connectivity index (χ1v) is 7.36. The van der Waals surface area contributed by atoms with E-state index < -0.39 is 10.4 Å². The Labute approximate surface area is 101 Å². The van der Waals surface area contributed by atoms with Crippen LogP contribution in [0.2, 0.25) is 0 Å². The molecule has 0 unspecified atom stereocenters. The molecule has 0 aliphatic carbocycles. The molecule has 0 aromatic heterocycles. The number of halogens is 1. The summed E-state index contributed by atoms with van der Waals surface area (Å²) in [6.45, 7) is 10.4. The number of hydrogen-bond acceptors (Lipinski definition) is 4. The summed E-state index contributed by atoms with van der Waals surface area (Å²) < 4.78 is 32.5. The second-order valence-corrected chi connectivity index (χ2v) is 4.58. The van der Waals surface area contributed by atoms with Crippen LogP contribution in [0.1, 0.15) is 20.8 Å². The molecule has 0 saturated heterocycles. The van der Waals surface area contributed by atoms with Crippen molar-refractivity contribution in [2.24, 2.45) is 0 Å². The Morgan fingerprint density at radius 3 is 1.67 bits per heavy atom. The van der Waals surface area contributed by atoms with E-state index in [9.17, 15) is 13.0 Å². The molecular weight excluding hydrogens is 286 g/mol. The zero-order valence-electron chi connectivity index (χ0n) is 9.45. The van der Waals surface area contributed by atoms with E-state index in [1.165, 1.54) is 19.6 Å². The van der Waals surface area contributed by atoms with Crippen LogP contribution in [0.3, 0.4) is 0 Å². The van der Waals surface area contributed by atoms with Crippen LogP contribution in [-0.4, -0.2) is 44.5 Å². The maximum atomic E-state index is 9.59. The molecule has 0 aromatic carbocycles. The molecule has 0 radical (unpaired) electrons. The van der Waals surface area contributed by atoms with Gasteiger partial charge in [0.25, 0.3) is 0 Å². The maximum Gasteiger partial charge on any atom is 0.217 e. The van der Waals surface area contributed by atoms with E-state index in [1.54, 1.807) is 4.90 Å². The van der Waals surface area contributed by atoms with Gasteiger partial charge in [0.2, 0.25) is 10.4 Å². The molecule has 0 aliphatic rings. The van der Waals surface area contributed by atoms with Gasteiger partial charge in [0.05, 0.1) is 26.2 Å². The molecule has 0 atom stereocenters. The Bertz CT molecular complexity index is 211. The summed E-state index contributed by atoms with van der Waals surface area (Å²) in [6, 6.07) is 0. The fourth-order valence-electron chi connectivity index (χ4n) is 0.884. The lowest BCUT2D eigenvalue weighted by Gasteiger charge is -2.10. The standard InChI is InChI=1S/C6H15N.C2H5BrO4S/c1-4-7(5-2)6-3;3-1-2-7-8(4,5)6/h4-6H2,1-3H3;1-2H2,(H,4,5,6). The molecule has 0 spiro atoms. The first-order valence-electron chi connectivity index (χ1n) is 4.90. The van der Waals surface area contributed by atoms with Crippen molar-refractivity contribution in [1.29, 1.82) is 0 Å². The number of quaternary nitrogens is 1. The molecule has 0 aromatic rings. The zero-order chi connectivity index (χ0) is 12.3. The summed E-state index contributed by atoms with van der Waals surface area (Å²) >= 11 is 2.87. The predicted octanol–water partition coefficient (Wildman–Crippen LogP) is -0.211. The minimum Gasteiger partial charge on any atom is -0.726 e. The van der Waals surface area contributed by atoms with E-state index in [0.29, 0.717) is 5.33 Å². The average molecular weight is 306 g/mol. The van der Waals surface area contributed by atoms with Gasteiger partial charge in [-0.05, 0) is 20.8 Å². The van der Waals surface area contributed by atoms with E-state index in [-0.39, 0.29) is 6.61 Å². The summed E-state index contributed by atoms with van der Waals surface area (Å²) in [6.07, 6.45) is 0. The van der Waals surface area contributed by atoms with Crippen LogP contribution in [0.5, 0.6) is 0 Å². The van der Waals surface area contributed by atoms with Gasteiger partial charge in [-0.2, -0.15) is 0 Å². The first kappa shape index (κ1) is 17.7. The van der Waals surface area contributed by atoms with E-state index in [1.807, 2.05) is 0 Å². The SMILES string of the molecule is CC[NH+](CC)CC.O=S(=O)([O-])OCCBr. The molecule has 0 amide bonds. The molecule has 1 N–H and O–H groups in total. The lowest BCUT2D eigenvalue weighted by Crippen LogP contribution is -3.11. The number of nitrogens with one attached hydrogen (secondary N) is 1. The summed E-state index contributed by atoms with van der Waals surface area (Å²) in [5.74, 6) is 0.